The van der Waals surface area contributed by atoms with E-state index in [-0.39, 0.29) is 12.8 Å². The Labute approximate surface area is 75.7 Å². The quantitative estimate of drug-likeness (QED) is 0.390. The molecule has 13 heavy (non-hydrogen) atoms. The second-order valence-corrected chi connectivity index (χ2v) is 2.57. The Hall–Kier alpha value is -1.39. The van der Waals surface area contributed by atoms with E-state index < -0.39 is 17.9 Å². The number of esters is 2. The summed E-state index contributed by atoms with van der Waals surface area (Å²) in [7, 11) is 0. The lowest BCUT2D eigenvalue weighted by molar-refractivity contribution is -0.158. The van der Waals surface area contributed by atoms with E-state index in [1.54, 1.807) is 0 Å². The number of carboxylic acids is 1. The lowest BCUT2D eigenvalue weighted by Gasteiger charge is -1.98. The predicted octanol–water partition coefficient (Wildman–Crippen LogP) is 0.721. The van der Waals surface area contributed by atoms with Gasteiger partial charge in [-0.1, -0.05) is 0 Å². The molecule has 0 aliphatic heterocycles. The molecule has 0 saturated heterocycles. The highest BCUT2D eigenvalue weighted by atomic mass is 16.6. The maximum atomic E-state index is 10.7. The molecule has 0 aromatic heterocycles. The van der Waals surface area contributed by atoms with Crippen LogP contribution in [0.4, 0.5) is 0 Å². The predicted molar refractivity (Wildman–Crippen MR) is 42.9 cm³/mol. The molecule has 0 spiro atoms. The summed E-state index contributed by atoms with van der Waals surface area (Å²) in [5.41, 5.74) is 0. The molecule has 5 nitrogen and oxygen atoms in total. The molecule has 0 aliphatic rings. The number of rotatable bonds is 5. The molecule has 0 atom stereocenters. The van der Waals surface area contributed by atoms with Crippen LogP contribution in [-0.4, -0.2) is 23.0 Å². The molecule has 0 amide bonds. The van der Waals surface area contributed by atoms with Crippen molar-refractivity contribution >= 4 is 17.9 Å². The van der Waals surface area contributed by atoms with Crippen LogP contribution in [0, 0.1) is 0 Å². The number of hydrogen-bond donors (Lipinski definition) is 1. The first-order chi connectivity index (χ1) is 6.02. The Bertz CT molecular complexity index is 209. The van der Waals surface area contributed by atoms with Crippen LogP contribution < -0.4 is 0 Å². The van der Waals surface area contributed by atoms with Crippen molar-refractivity contribution in [1.29, 1.82) is 0 Å². The maximum absolute atomic E-state index is 10.7. The van der Waals surface area contributed by atoms with Crippen LogP contribution in [0.25, 0.3) is 0 Å². The molecule has 5 heteroatoms. The average molecular weight is 188 g/mol. The van der Waals surface area contributed by atoms with Gasteiger partial charge in [0.1, 0.15) is 0 Å². The molecule has 0 aliphatic carbocycles. The summed E-state index contributed by atoms with van der Waals surface area (Å²) < 4.78 is 4.23. The fourth-order valence-electron chi connectivity index (χ4n) is 0.757. The minimum atomic E-state index is -0.889. The van der Waals surface area contributed by atoms with Gasteiger partial charge in [-0.3, -0.25) is 14.4 Å². The summed E-state index contributed by atoms with van der Waals surface area (Å²) in [5, 5.41) is 8.25. The van der Waals surface area contributed by atoms with E-state index in [0.717, 1.165) is 6.92 Å². The van der Waals surface area contributed by atoms with Gasteiger partial charge in [-0.15, -0.1) is 0 Å². The third-order valence-electron chi connectivity index (χ3n) is 1.28. The molecule has 0 bridgehead atoms. The van der Waals surface area contributed by atoms with Crippen molar-refractivity contribution in [3.63, 3.8) is 0 Å². The lowest BCUT2D eigenvalue weighted by atomic mass is 10.2. The number of carbonyl (C=O) groups is 3. The Morgan fingerprint density at radius 2 is 1.69 bits per heavy atom. The van der Waals surface area contributed by atoms with Crippen LogP contribution in [0.2, 0.25) is 0 Å². The van der Waals surface area contributed by atoms with E-state index in [0.29, 0.717) is 12.8 Å². The van der Waals surface area contributed by atoms with Crippen molar-refractivity contribution in [2.45, 2.75) is 32.6 Å². The standard InChI is InChI=1S/C8H12O5/c1-6(9)13-8(12)5-3-2-4-7(10)11/h2-5H2,1H3,(H,10,11). The third-order valence-corrected chi connectivity index (χ3v) is 1.28. The van der Waals surface area contributed by atoms with E-state index in [4.69, 9.17) is 5.11 Å². The van der Waals surface area contributed by atoms with Crippen molar-refractivity contribution < 1.29 is 24.2 Å². The van der Waals surface area contributed by atoms with Gasteiger partial charge in [0.2, 0.25) is 0 Å². The second-order valence-electron chi connectivity index (χ2n) is 2.57. The first kappa shape index (κ1) is 11.6. The van der Waals surface area contributed by atoms with Crippen LogP contribution in [0.15, 0.2) is 0 Å². The van der Waals surface area contributed by atoms with Gasteiger partial charge in [0.05, 0.1) is 0 Å². The molecule has 74 valence electrons. The molecule has 0 aromatic rings. The SMILES string of the molecule is CC(=O)OC(=O)CCCCC(=O)O. The Balaban J connectivity index is 3.37. The Kier molecular flexibility index (Phi) is 5.50. The first-order valence-electron chi connectivity index (χ1n) is 3.95. The number of hydrogen-bond acceptors (Lipinski definition) is 4. The molecular formula is C8H12O5. The number of unbranched alkanes of at least 4 members (excludes halogenated alkanes) is 1. The second kappa shape index (κ2) is 6.16. The molecule has 1 N–H and O–H groups in total. The van der Waals surface area contributed by atoms with Crippen molar-refractivity contribution in [1.82, 2.24) is 0 Å². The number of carboxylic acid groups (broad SMARTS) is 1. The van der Waals surface area contributed by atoms with Gasteiger partial charge in [-0.25, -0.2) is 0 Å². The van der Waals surface area contributed by atoms with Crippen LogP contribution >= 0.6 is 0 Å². The summed E-state index contributed by atoms with van der Waals surface area (Å²) in [6.07, 6.45) is 0.973. The third kappa shape index (κ3) is 8.52. The Morgan fingerprint density at radius 1 is 1.15 bits per heavy atom. The largest absolute Gasteiger partial charge is 0.481 e. The van der Waals surface area contributed by atoms with E-state index in [1.807, 2.05) is 0 Å². The van der Waals surface area contributed by atoms with E-state index >= 15 is 0 Å². The highest BCUT2D eigenvalue weighted by Gasteiger charge is 2.05. The highest BCUT2D eigenvalue weighted by Crippen LogP contribution is 2.01. The van der Waals surface area contributed by atoms with Gasteiger partial charge >= 0.3 is 17.9 Å². The zero-order valence-corrected chi connectivity index (χ0v) is 7.41. The fraction of sp³-hybridized carbons (Fsp3) is 0.625. The highest BCUT2D eigenvalue weighted by molar-refractivity contribution is 5.83. The van der Waals surface area contributed by atoms with Gasteiger partial charge in [-0.05, 0) is 12.8 Å². The summed E-state index contributed by atoms with van der Waals surface area (Å²) in [5.74, 6) is -2.12. The lowest BCUT2D eigenvalue weighted by Crippen LogP contribution is -2.08. The average Bonchev–Trinajstić information content (AvgIpc) is 1.96. The topological polar surface area (TPSA) is 80.7 Å². The van der Waals surface area contributed by atoms with Crippen molar-refractivity contribution in [3.8, 4) is 0 Å². The minimum Gasteiger partial charge on any atom is -0.481 e. The summed E-state index contributed by atoms with van der Waals surface area (Å²) in [4.78, 5) is 31.0. The minimum absolute atomic E-state index is 0.0351. The number of carbonyl (C=O) groups excluding carboxylic acids is 2. The van der Waals surface area contributed by atoms with Crippen molar-refractivity contribution in [2.24, 2.45) is 0 Å². The molecule has 0 rings (SSSR count). The van der Waals surface area contributed by atoms with Crippen molar-refractivity contribution in [3.05, 3.63) is 0 Å². The van der Waals surface area contributed by atoms with Gasteiger partial charge in [0.15, 0.2) is 0 Å². The maximum Gasteiger partial charge on any atom is 0.313 e. The van der Waals surface area contributed by atoms with Crippen molar-refractivity contribution in [2.75, 3.05) is 0 Å². The zero-order chi connectivity index (χ0) is 10.3. The fourth-order valence-corrected chi connectivity index (χ4v) is 0.757. The summed E-state index contributed by atoms with van der Waals surface area (Å²) in [6.45, 7) is 1.15. The zero-order valence-electron chi connectivity index (χ0n) is 7.41. The van der Waals surface area contributed by atoms with E-state index in [9.17, 15) is 14.4 Å². The van der Waals surface area contributed by atoms with Gasteiger partial charge in [0.25, 0.3) is 0 Å². The molecule has 0 saturated carbocycles. The molecule has 0 heterocycles. The van der Waals surface area contributed by atoms with Crippen LogP contribution in [0.5, 0.6) is 0 Å². The smallest absolute Gasteiger partial charge is 0.313 e. The first-order valence-corrected chi connectivity index (χ1v) is 3.95. The normalized spacial score (nSPS) is 9.31. The van der Waals surface area contributed by atoms with Gasteiger partial charge in [0, 0.05) is 19.8 Å². The molecule has 0 fully saturated rings. The monoisotopic (exact) mass is 188 g/mol. The van der Waals surface area contributed by atoms with Crippen LogP contribution in [0.3, 0.4) is 0 Å². The summed E-state index contributed by atoms with van der Waals surface area (Å²) in [6, 6.07) is 0. The van der Waals surface area contributed by atoms with Gasteiger partial charge in [-0.2, -0.15) is 0 Å². The Morgan fingerprint density at radius 3 is 2.15 bits per heavy atom. The van der Waals surface area contributed by atoms with Crippen LogP contribution in [-0.2, 0) is 19.1 Å². The van der Waals surface area contributed by atoms with E-state index in [1.165, 1.54) is 0 Å². The molecule has 0 unspecified atom stereocenters. The number of aliphatic carboxylic acids is 1. The van der Waals surface area contributed by atoms with Crippen LogP contribution in [0.1, 0.15) is 32.6 Å². The number of ether oxygens (including phenoxy) is 1. The molecule has 0 aromatic carbocycles. The van der Waals surface area contributed by atoms with Gasteiger partial charge < -0.3 is 9.84 Å². The van der Waals surface area contributed by atoms with E-state index in [2.05, 4.69) is 4.74 Å². The summed E-state index contributed by atoms with van der Waals surface area (Å²) >= 11 is 0. The molecule has 0 radical (unpaired) electrons. The molecular weight excluding hydrogens is 176 g/mol.